The van der Waals surface area contributed by atoms with Crippen LogP contribution in [-0.2, 0) is 11.3 Å². The zero-order valence-corrected chi connectivity index (χ0v) is 13.1. The fourth-order valence-electron chi connectivity index (χ4n) is 2.51. The molecular weight excluding hydrogens is 318 g/mol. The van der Waals surface area contributed by atoms with Gasteiger partial charge in [-0.3, -0.25) is 4.79 Å². The maximum atomic E-state index is 13.7. The Bertz CT molecular complexity index is 757. The normalized spacial score (nSPS) is 14.9. The molecule has 6 nitrogen and oxygen atoms in total. The summed E-state index contributed by atoms with van der Waals surface area (Å²) >= 11 is 0. The highest BCUT2D eigenvalue weighted by Gasteiger charge is 2.26. The van der Waals surface area contributed by atoms with Crippen molar-refractivity contribution in [1.29, 1.82) is 0 Å². The van der Waals surface area contributed by atoms with Gasteiger partial charge in [0.1, 0.15) is 18.2 Å². The quantitative estimate of drug-likeness (QED) is 0.850. The number of hydrogen-bond donors (Lipinski definition) is 0. The number of hydrogen-bond acceptors (Lipinski definition) is 5. The SMILES string of the molecule is COc1ccnc(N2CCN(Cc3cc(F)ccc3F)C(=O)C2)n1. The highest BCUT2D eigenvalue weighted by Crippen LogP contribution is 2.18. The van der Waals surface area contributed by atoms with Crippen molar-refractivity contribution in [2.45, 2.75) is 6.54 Å². The van der Waals surface area contributed by atoms with Gasteiger partial charge >= 0.3 is 0 Å². The number of rotatable bonds is 4. The third kappa shape index (κ3) is 3.42. The molecule has 2 aromatic rings. The summed E-state index contributed by atoms with van der Waals surface area (Å²) in [5.41, 5.74) is 0.162. The molecule has 0 radical (unpaired) electrons. The topological polar surface area (TPSA) is 58.6 Å². The van der Waals surface area contributed by atoms with Crippen LogP contribution >= 0.6 is 0 Å². The van der Waals surface area contributed by atoms with Gasteiger partial charge in [-0.2, -0.15) is 4.98 Å². The summed E-state index contributed by atoms with van der Waals surface area (Å²) < 4.78 is 32.0. The van der Waals surface area contributed by atoms with Crippen molar-refractivity contribution in [3.8, 4) is 5.88 Å². The Morgan fingerprint density at radius 2 is 2.08 bits per heavy atom. The molecule has 0 aliphatic carbocycles. The zero-order valence-electron chi connectivity index (χ0n) is 13.1. The van der Waals surface area contributed by atoms with E-state index in [1.165, 1.54) is 12.0 Å². The van der Waals surface area contributed by atoms with Gasteiger partial charge in [0.15, 0.2) is 0 Å². The standard InChI is InChI=1S/C16H16F2N4O2/c1-24-14-4-5-19-16(20-14)22-7-6-21(15(23)10-22)9-11-8-12(17)2-3-13(11)18/h2-5,8H,6-7,9-10H2,1H3. The van der Waals surface area contributed by atoms with Crippen LogP contribution < -0.4 is 9.64 Å². The Kier molecular flexibility index (Phi) is 4.54. The maximum absolute atomic E-state index is 13.7. The summed E-state index contributed by atoms with van der Waals surface area (Å²) in [6.07, 6.45) is 1.56. The van der Waals surface area contributed by atoms with Crippen molar-refractivity contribution in [2.75, 3.05) is 31.6 Å². The zero-order chi connectivity index (χ0) is 17.1. The van der Waals surface area contributed by atoms with Crippen LogP contribution in [0.25, 0.3) is 0 Å². The molecule has 1 aliphatic rings. The Morgan fingerprint density at radius 1 is 1.25 bits per heavy atom. The lowest BCUT2D eigenvalue weighted by atomic mass is 10.1. The van der Waals surface area contributed by atoms with Gasteiger partial charge in [-0.15, -0.1) is 0 Å². The van der Waals surface area contributed by atoms with Gasteiger partial charge in [0, 0.05) is 37.5 Å². The molecule has 24 heavy (non-hydrogen) atoms. The van der Waals surface area contributed by atoms with Gasteiger partial charge in [-0.05, 0) is 18.2 Å². The predicted molar refractivity (Wildman–Crippen MR) is 82.6 cm³/mol. The van der Waals surface area contributed by atoms with E-state index in [0.717, 1.165) is 18.2 Å². The van der Waals surface area contributed by atoms with Crippen LogP contribution in [-0.4, -0.2) is 47.5 Å². The first-order valence-electron chi connectivity index (χ1n) is 7.40. The van der Waals surface area contributed by atoms with Gasteiger partial charge < -0.3 is 14.5 Å². The second-order valence-corrected chi connectivity index (χ2v) is 5.37. The van der Waals surface area contributed by atoms with Crippen molar-refractivity contribution in [3.05, 3.63) is 47.7 Å². The predicted octanol–water partition coefficient (Wildman–Crippen LogP) is 1.61. The van der Waals surface area contributed by atoms with Gasteiger partial charge in [0.05, 0.1) is 7.11 Å². The van der Waals surface area contributed by atoms with E-state index in [9.17, 15) is 13.6 Å². The van der Waals surface area contributed by atoms with Crippen LogP contribution in [0.3, 0.4) is 0 Å². The molecule has 0 spiro atoms. The summed E-state index contributed by atoms with van der Waals surface area (Å²) in [4.78, 5) is 23.9. The molecule has 126 valence electrons. The Labute approximate surface area is 137 Å². The minimum Gasteiger partial charge on any atom is -0.481 e. The van der Waals surface area contributed by atoms with E-state index in [-0.39, 0.29) is 24.6 Å². The molecule has 0 N–H and O–H groups in total. The number of amides is 1. The van der Waals surface area contributed by atoms with Crippen molar-refractivity contribution in [3.63, 3.8) is 0 Å². The molecular formula is C16H16F2N4O2. The Balaban J connectivity index is 1.69. The lowest BCUT2D eigenvalue weighted by molar-refractivity contribution is -0.131. The molecule has 0 unspecified atom stereocenters. The van der Waals surface area contributed by atoms with Gasteiger partial charge in [0.2, 0.25) is 17.7 Å². The fraction of sp³-hybridized carbons (Fsp3) is 0.312. The molecule has 3 rings (SSSR count). The first-order chi connectivity index (χ1) is 11.6. The second kappa shape index (κ2) is 6.77. The smallest absolute Gasteiger partial charge is 0.242 e. The number of nitrogens with zero attached hydrogens (tertiary/aromatic N) is 4. The molecule has 0 saturated carbocycles. The number of anilines is 1. The lowest BCUT2D eigenvalue weighted by Crippen LogP contribution is -2.50. The number of piperazine rings is 1. The van der Waals surface area contributed by atoms with E-state index in [0.29, 0.717) is 24.9 Å². The first-order valence-corrected chi connectivity index (χ1v) is 7.40. The van der Waals surface area contributed by atoms with Crippen LogP contribution in [0.15, 0.2) is 30.5 Å². The Hall–Kier alpha value is -2.77. The van der Waals surface area contributed by atoms with E-state index in [4.69, 9.17) is 4.74 Å². The summed E-state index contributed by atoms with van der Waals surface area (Å²) in [6.45, 7) is 0.977. The molecule has 1 amide bonds. The first kappa shape index (κ1) is 16.1. The lowest BCUT2D eigenvalue weighted by Gasteiger charge is -2.34. The van der Waals surface area contributed by atoms with E-state index in [1.54, 1.807) is 17.2 Å². The molecule has 1 aliphatic heterocycles. The average molecular weight is 334 g/mol. The average Bonchev–Trinajstić information content (AvgIpc) is 2.60. The highest BCUT2D eigenvalue weighted by atomic mass is 19.1. The summed E-state index contributed by atoms with van der Waals surface area (Å²) in [5, 5.41) is 0. The van der Waals surface area contributed by atoms with E-state index >= 15 is 0 Å². The minimum absolute atomic E-state index is 0.0369. The van der Waals surface area contributed by atoms with E-state index in [2.05, 4.69) is 9.97 Å². The van der Waals surface area contributed by atoms with Crippen LogP contribution in [0, 0.1) is 11.6 Å². The molecule has 1 saturated heterocycles. The number of halogens is 2. The third-order valence-electron chi connectivity index (χ3n) is 3.80. The number of aromatic nitrogens is 2. The Morgan fingerprint density at radius 3 is 2.83 bits per heavy atom. The van der Waals surface area contributed by atoms with Crippen molar-refractivity contribution < 1.29 is 18.3 Å². The number of ether oxygens (including phenoxy) is 1. The van der Waals surface area contributed by atoms with E-state index < -0.39 is 11.6 Å². The van der Waals surface area contributed by atoms with Gasteiger partial charge in [-0.1, -0.05) is 0 Å². The molecule has 8 heteroatoms. The van der Waals surface area contributed by atoms with Gasteiger partial charge in [0.25, 0.3) is 0 Å². The number of carbonyl (C=O) groups excluding carboxylic acids is 1. The minimum atomic E-state index is -0.526. The summed E-state index contributed by atoms with van der Waals surface area (Å²) in [5.74, 6) is -0.433. The molecule has 0 bridgehead atoms. The number of carbonyl (C=O) groups is 1. The largest absolute Gasteiger partial charge is 0.481 e. The molecule has 0 atom stereocenters. The monoisotopic (exact) mass is 334 g/mol. The van der Waals surface area contributed by atoms with E-state index in [1.807, 2.05) is 0 Å². The molecule has 1 fully saturated rings. The molecule has 1 aromatic carbocycles. The summed E-state index contributed by atoms with van der Waals surface area (Å²) in [6, 6.07) is 4.85. The third-order valence-corrected chi connectivity index (χ3v) is 3.80. The summed E-state index contributed by atoms with van der Waals surface area (Å²) in [7, 11) is 1.50. The fourth-order valence-corrected chi connectivity index (χ4v) is 2.51. The van der Waals surface area contributed by atoms with Crippen LogP contribution in [0.5, 0.6) is 5.88 Å². The van der Waals surface area contributed by atoms with Crippen LogP contribution in [0.4, 0.5) is 14.7 Å². The maximum Gasteiger partial charge on any atom is 0.242 e. The van der Waals surface area contributed by atoms with Crippen molar-refractivity contribution >= 4 is 11.9 Å². The van der Waals surface area contributed by atoms with Crippen LogP contribution in [0.2, 0.25) is 0 Å². The second-order valence-electron chi connectivity index (χ2n) is 5.37. The van der Waals surface area contributed by atoms with Crippen molar-refractivity contribution in [2.24, 2.45) is 0 Å². The molecule has 1 aromatic heterocycles. The highest BCUT2D eigenvalue weighted by molar-refractivity contribution is 5.82. The molecule has 2 heterocycles. The number of methoxy groups -OCH3 is 1. The van der Waals surface area contributed by atoms with Gasteiger partial charge in [-0.25, -0.2) is 13.8 Å². The number of benzene rings is 1. The van der Waals surface area contributed by atoms with Crippen molar-refractivity contribution in [1.82, 2.24) is 14.9 Å². The van der Waals surface area contributed by atoms with Crippen LogP contribution in [0.1, 0.15) is 5.56 Å².